The van der Waals surface area contributed by atoms with Crippen molar-refractivity contribution < 1.29 is 13.5 Å². The van der Waals surface area contributed by atoms with Gasteiger partial charge >= 0.3 is 0 Å². The summed E-state index contributed by atoms with van der Waals surface area (Å²) in [5, 5.41) is 0. The van der Waals surface area contributed by atoms with Crippen molar-refractivity contribution >= 4 is 6.01 Å². The van der Waals surface area contributed by atoms with Crippen molar-refractivity contribution in [1.29, 1.82) is 0 Å². The Labute approximate surface area is 98.2 Å². The summed E-state index contributed by atoms with van der Waals surface area (Å²) in [6.07, 6.45) is 0.424. The number of oxazole rings is 1. The van der Waals surface area contributed by atoms with E-state index < -0.39 is 0 Å². The Morgan fingerprint density at radius 2 is 2.24 bits per heavy atom. The van der Waals surface area contributed by atoms with Gasteiger partial charge in [-0.3, -0.25) is 0 Å². The van der Waals surface area contributed by atoms with Crippen LogP contribution in [-0.4, -0.2) is 12.1 Å². The highest BCUT2D eigenvalue weighted by Crippen LogP contribution is 2.24. The van der Waals surface area contributed by atoms with E-state index >= 15 is 0 Å². The molecular formula is C12H13FN2O2. The highest BCUT2D eigenvalue weighted by atomic mass is 19.1. The van der Waals surface area contributed by atoms with Crippen LogP contribution < -0.4 is 10.5 Å². The average molecular weight is 236 g/mol. The van der Waals surface area contributed by atoms with Gasteiger partial charge in [-0.15, -0.1) is 0 Å². The number of hydrogen-bond donors (Lipinski definition) is 1. The number of nitrogen functional groups attached to an aromatic ring is 1. The molecule has 0 spiro atoms. The molecule has 2 rings (SSSR count). The number of anilines is 1. The normalized spacial score (nSPS) is 10.5. The number of ether oxygens (including phenoxy) is 1. The summed E-state index contributed by atoms with van der Waals surface area (Å²) in [5.74, 6) is 0.941. The first kappa shape index (κ1) is 11.4. The number of rotatable bonds is 3. The molecule has 0 saturated carbocycles. The zero-order chi connectivity index (χ0) is 12.4. The number of halogens is 1. The van der Waals surface area contributed by atoms with E-state index in [1.807, 2.05) is 0 Å². The summed E-state index contributed by atoms with van der Waals surface area (Å²) in [6, 6.07) is 4.48. The van der Waals surface area contributed by atoms with Gasteiger partial charge < -0.3 is 14.9 Å². The van der Waals surface area contributed by atoms with Gasteiger partial charge in [0.1, 0.15) is 17.3 Å². The minimum atomic E-state index is -0.310. The lowest BCUT2D eigenvalue weighted by Gasteiger charge is -2.07. The second-order valence-electron chi connectivity index (χ2n) is 3.69. The Bertz CT molecular complexity index is 537. The number of aryl methyl sites for hydroxylation is 1. The van der Waals surface area contributed by atoms with Gasteiger partial charge in [0.05, 0.1) is 12.8 Å². The third-order valence-electron chi connectivity index (χ3n) is 2.51. The Morgan fingerprint density at radius 1 is 1.47 bits per heavy atom. The number of aromatic nitrogens is 1. The molecule has 0 bridgehead atoms. The third kappa shape index (κ3) is 2.38. The maximum absolute atomic E-state index is 13.2. The van der Waals surface area contributed by atoms with Crippen LogP contribution in [0.4, 0.5) is 10.4 Å². The molecule has 17 heavy (non-hydrogen) atoms. The van der Waals surface area contributed by atoms with Crippen molar-refractivity contribution in [1.82, 2.24) is 4.98 Å². The molecule has 0 amide bonds. The molecule has 0 atom stereocenters. The molecule has 0 unspecified atom stereocenters. The van der Waals surface area contributed by atoms with Crippen LogP contribution >= 0.6 is 0 Å². The zero-order valence-corrected chi connectivity index (χ0v) is 9.66. The number of nitrogens with zero attached hydrogens (tertiary/aromatic N) is 1. The molecule has 5 heteroatoms. The van der Waals surface area contributed by atoms with Gasteiger partial charge in [0, 0.05) is 12.0 Å². The van der Waals surface area contributed by atoms with Gasteiger partial charge in [0.25, 0.3) is 6.01 Å². The van der Waals surface area contributed by atoms with Crippen LogP contribution in [0, 0.1) is 12.7 Å². The molecule has 0 aliphatic heterocycles. The minimum absolute atomic E-state index is 0.118. The van der Waals surface area contributed by atoms with E-state index in [1.165, 1.54) is 12.1 Å². The first-order chi connectivity index (χ1) is 8.10. The van der Waals surface area contributed by atoms with Gasteiger partial charge in [-0.1, -0.05) is 0 Å². The number of hydrogen-bond acceptors (Lipinski definition) is 4. The van der Waals surface area contributed by atoms with E-state index in [-0.39, 0.29) is 11.8 Å². The van der Waals surface area contributed by atoms with Crippen LogP contribution in [0.15, 0.2) is 22.6 Å². The molecule has 2 N–H and O–H groups in total. The molecule has 90 valence electrons. The van der Waals surface area contributed by atoms with Crippen LogP contribution in [0.25, 0.3) is 0 Å². The van der Waals surface area contributed by atoms with Crippen LogP contribution in [0.2, 0.25) is 0 Å². The Hall–Kier alpha value is -2.04. The summed E-state index contributed by atoms with van der Waals surface area (Å²) in [5.41, 5.74) is 6.85. The Balaban J connectivity index is 2.35. The predicted octanol–water partition coefficient (Wildman–Crippen LogP) is 2.30. The van der Waals surface area contributed by atoms with Gasteiger partial charge in [-0.25, -0.2) is 4.39 Å². The molecule has 1 aromatic heterocycles. The average Bonchev–Trinajstić information content (AvgIpc) is 2.58. The second-order valence-corrected chi connectivity index (χ2v) is 3.69. The van der Waals surface area contributed by atoms with E-state index in [9.17, 15) is 4.39 Å². The van der Waals surface area contributed by atoms with Crippen molar-refractivity contribution in [2.75, 3.05) is 12.8 Å². The van der Waals surface area contributed by atoms with Crippen molar-refractivity contribution in [3.8, 4) is 5.75 Å². The zero-order valence-electron chi connectivity index (χ0n) is 9.66. The van der Waals surface area contributed by atoms with Crippen molar-refractivity contribution in [2.45, 2.75) is 13.3 Å². The summed E-state index contributed by atoms with van der Waals surface area (Å²) < 4.78 is 23.5. The minimum Gasteiger partial charge on any atom is -0.496 e. The monoisotopic (exact) mass is 236 g/mol. The molecular weight excluding hydrogens is 223 g/mol. The van der Waals surface area contributed by atoms with Crippen molar-refractivity contribution in [2.24, 2.45) is 0 Å². The predicted molar refractivity (Wildman–Crippen MR) is 61.4 cm³/mol. The molecule has 0 saturated heterocycles. The van der Waals surface area contributed by atoms with Gasteiger partial charge in [0.15, 0.2) is 0 Å². The molecule has 1 aromatic carbocycles. The molecule has 2 aromatic rings. The summed E-state index contributed by atoms with van der Waals surface area (Å²) >= 11 is 0. The van der Waals surface area contributed by atoms with Gasteiger partial charge in [-0.2, -0.15) is 4.98 Å². The van der Waals surface area contributed by atoms with Gasteiger partial charge in [-0.05, 0) is 25.1 Å². The molecule has 0 fully saturated rings. The van der Waals surface area contributed by atoms with Gasteiger partial charge in [0.2, 0.25) is 0 Å². The fraction of sp³-hybridized carbons (Fsp3) is 0.250. The molecule has 1 heterocycles. The Kier molecular flexibility index (Phi) is 2.99. The van der Waals surface area contributed by atoms with E-state index in [0.29, 0.717) is 29.2 Å². The standard InChI is InChI=1S/C12H13FN2O2/c1-7-10(15-12(14)17-7)6-8-5-9(13)3-4-11(8)16-2/h3-5H,6H2,1-2H3,(H2,14,15). The van der Waals surface area contributed by atoms with E-state index in [0.717, 1.165) is 0 Å². The van der Waals surface area contributed by atoms with Crippen LogP contribution in [0.5, 0.6) is 5.75 Å². The van der Waals surface area contributed by atoms with Crippen molar-refractivity contribution in [3.05, 3.63) is 41.0 Å². The summed E-state index contributed by atoms with van der Waals surface area (Å²) in [4.78, 5) is 4.04. The molecule has 0 aliphatic carbocycles. The number of benzene rings is 1. The molecule has 4 nitrogen and oxygen atoms in total. The van der Waals surface area contributed by atoms with Crippen LogP contribution in [-0.2, 0) is 6.42 Å². The first-order valence-corrected chi connectivity index (χ1v) is 5.14. The lowest BCUT2D eigenvalue weighted by molar-refractivity contribution is 0.409. The molecule has 0 aliphatic rings. The SMILES string of the molecule is COc1ccc(F)cc1Cc1nc(N)oc1C. The number of nitrogens with two attached hydrogens (primary N) is 1. The quantitative estimate of drug-likeness (QED) is 0.888. The highest BCUT2D eigenvalue weighted by Gasteiger charge is 2.12. The molecule has 0 radical (unpaired) electrons. The first-order valence-electron chi connectivity index (χ1n) is 5.14. The lowest BCUT2D eigenvalue weighted by atomic mass is 10.1. The van der Waals surface area contributed by atoms with E-state index in [4.69, 9.17) is 14.9 Å². The fourth-order valence-corrected chi connectivity index (χ4v) is 1.68. The second kappa shape index (κ2) is 4.45. The third-order valence-corrected chi connectivity index (χ3v) is 2.51. The van der Waals surface area contributed by atoms with E-state index in [2.05, 4.69) is 4.98 Å². The van der Waals surface area contributed by atoms with Crippen LogP contribution in [0.3, 0.4) is 0 Å². The van der Waals surface area contributed by atoms with Crippen LogP contribution in [0.1, 0.15) is 17.0 Å². The van der Waals surface area contributed by atoms with E-state index in [1.54, 1.807) is 20.1 Å². The van der Waals surface area contributed by atoms with Crippen molar-refractivity contribution in [3.63, 3.8) is 0 Å². The summed E-state index contributed by atoms with van der Waals surface area (Å²) in [7, 11) is 1.54. The largest absolute Gasteiger partial charge is 0.496 e. The Morgan fingerprint density at radius 3 is 2.82 bits per heavy atom. The smallest absolute Gasteiger partial charge is 0.292 e. The number of methoxy groups -OCH3 is 1. The maximum atomic E-state index is 13.2. The lowest BCUT2D eigenvalue weighted by Crippen LogP contribution is -1.97. The highest BCUT2D eigenvalue weighted by molar-refractivity contribution is 5.38. The maximum Gasteiger partial charge on any atom is 0.292 e. The fourth-order valence-electron chi connectivity index (χ4n) is 1.68. The summed E-state index contributed by atoms with van der Waals surface area (Å²) in [6.45, 7) is 1.77. The topological polar surface area (TPSA) is 61.3 Å².